The molecule has 14 heteroatoms. The van der Waals surface area contributed by atoms with Crippen LogP contribution in [0, 0.1) is 14.1 Å². The van der Waals surface area contributed by atoms with Gasteiger partial charge >= 0.3 is 5.51 Å². The second kappa shape index (κ2) is 9.23. The molecule has 3 rings (SSSR count). The van der Waals surface area contributed by atoms with Crippen molar-refractivity contribution in [3.05, 3.63) is 31.8 Å². The van der Waals surface area contributed by atoms with E-state index in [1.165, 1.54) is 6.07 Å². The minimum Gasteiger partial charge on any atom is -0.424 e. The smallest absolute Gasteiger partial charge is 0.424 e. The molecule has 178 valence electrons. The fourth-order valence-electron chi connectivity index (χ4n) is 3.52. The van der Waals surface area contributed by atoms with Gasteiger partial charge in [-0.3, -0.25) is 18.4 Å². The number of nitrogens with one attached hydrogen (secondary N) is 1. The molecule has 0 saturated carbocycles. The molecule has 0 fully saturated rings. The maximum absolute atomic E-state index is 13.1. The average molecular weight is 477 g/mol. The van der Waals surface area contributed by atoms with Crippen LogP contribution in [0.5, 0.6) is 0 Å². The molecular formula is C18H27F3N8O2S. The van der Waals surface area contributed by atoms with Crippen molar-refractivity contribution in [2.24, 2.45) is 10.2 Å². The molecule has 10 nitrogen and oxygen atoms in total. The van der Waals surface area contributed by atoms with E-state index in [1.807, 2.05) is 23.5 Å². The SMILES string of the molecule is [CH2-][NH2+]c1nc(N=Nc2cc3c(cc2NS(O)(O)C(F)(F)F)N(CC)CC3)n(CC)c1[NH2+][CH2-]. The third-order valence-corrected chi connectivity index (χ3v) is 6.26. The van der Waals surface area contributed by atoms with E-state index < -0.39 is 16.3 Å². The molecule has 32 heavy (non-hydrogen) atoms. The van der Waals surface area contributed by atoms with Gasteiger partial charge in [0.2, 0.25) is 0 Å². The van der Waals surface area contributed by atoms with E-state index in [-0.39, 0.29) is 17.3 Å². The standard InChI is InChI=1S/C18H27F3N8O2S/c1-5-28-8-7-11-9-12(13(10-14(11)28)27-32(30,31)18(19,20)21)25-26-17-24-15(22-3)16(23-4)29(17)6-2/h9-10,27,30-31H,3-8,22-23H2,1-2H3. The molecule has 0 saturated heterocycles. The van der Waals surface area contributed by atoms with Crippen molar-refractivity contribution in [1.29, 1.82) is 0 Å². The van der Waals surface area contributed by atoms with Gasteiger partial charge in [-0.05, 0) is 48.7 Å². The van der Waals surface area contributed by atoms with Crippen molar-refractivity contribution in [3.63, 3.8) is 0 Å². The largest absolute Gasteiger partial charge is 0.514 e. The number of fused-ring (bicyclic) bond motifs is 1. The van der Waals surface area contributed by atoms with Crippen molar-refractivity contribution in [1.82, 2.24) is 9.55 Å². The van der Waals surface area contributed by atoms with Crippen LogP contribution in [0.25, 0.3) is 0 Å². The summed E-state index contributed by atoms with van der Waals surface area (Å²) in [4.78, 5) is 6.32. The molecule has 1 aliphatic rings. The highest BCUT2D eigenvalue weighted by Gasteiger charge is 2.46. The summed E-state index contributed by atoms with van der Waals surface area (Å²) in [5.41, 5.74) is -3.80. The van der Waals surface area contributed by atoms with E-state index in [2.05, 4.69) is 29.3 Å². The van der Waals surface area contributed by atoms with Crippen LogP contribution in [0.1, 0.15) is 19.4 Å². The molecular weight excluding hydrogens is 449 g/mol. The third kappa shape index (κ3) is 4.54. The fourth-order valence-corrected chi connectivity index (χ4v) is 4.10. The molecule has 0 unspecified atom stereocenters. The average Bonchev–Trinajstić information content (AvgIpc) is 3.30. The maximum Gasteiger partial charge on any atom is 0.514 e. The van der Waals surface area contributed by atoms with E-state index in [0.717, 1.165) is 5.56 Å². The van der Waals surface area contributed by atoms with Gasteiger partial charge in [-0.25, -0.2) is 0 Å². The number of nitrogens with two attached hydrogens (primary N) is 2. The molecule has 1 aliphatic heterocycles. The normalized spacial score (nSPS) is 15.0. The number of likely N-dealkylation sites (N-methyl/N-ethyl adjacent to an activating group) is 1. The Labute approximate surface area is 185 Å². The van der Waals surface area contributed by atoms with Gasteiger partial charge < -0.3 is 15.5 Å². The lowest BCUT2D eigenvalue weighted by Crippen LogP contribution is -2.77. The Hall–Kier alpha value is -2.39. The molecule has 0 atom stereocenters. The van der Waals surface area contributed by atoms with Gasteiger partial charge in [-0.1, -0.05) is 0 Å². The van der Waals surface area contributed by atoms with Crippen molar-refractivity contribution >= 4 is 45.4 Å². The zero-order valence-corrected chi connectivity index (χ0v) is 18.5. The number of aromatic nitrogens is 2. The van der Waals surface area contributed by atoms with E-state index in [0.29, 0.717) is 43.4 Å². The Kier molecular flexibility index (Phi) is 7.00. The monoisotopic (exact) mass is 476 g/mol. The summed E-state index contributed by atoms with van der Waals surface area (Å²) in [5, 5.41) is 11.4. The number of anilines is 2. The van der Waals surface area contributed by atoms with Crippen LogP contribution in [0.15, 0.2) is 22.4 Å². The number of azo groups is 1. The lowest BCUT2D eigenvalue weighted by atomic mass is 10.1. The fraction of sp³-hybridized carbons (Fsp3) is 0.389. The van der Waals surface area contributed by atoms with Crippen LogP contribution >= 0.6 is 10.8 Å². The van der Waals surface area contributed by atoms with Crippen molar-refractivity contribution in [2.45, 2.75) is 32.3 Å². The van der Waals surface area contributed by atoms with E-state index in [1.54, 1.807) is 21.3 Å². The second-order valence-electron chi connectivity index (χ2n) is 6.96. The Balaban J connectivity index is 2.07. The van der Waals surface area contributed by atoms with E-state index in [9.17, 15) is 22.3 Å². The Morgan fingerprint density at radius 3 is 2.47 bits per heavy atom. The van der Waals surface area contributed by atoms with Gasteiger partial charge in [0.05, 0.1) is 5.69 Å². The molecule has 0 spiro atoms. The maximum atomic E-state index is 13.1. The summed E-state index contributed by atoms with van der Waals surface area (Å²) in [6, 6.07) is 3.04. The number of quaternary nitrogens is 2. The summed E-state index contributed by atoms with van der Waals surface area (Å²) in [5.74, 6) is 1.46. The zero-order chi connectivity index (χ0) is 23.7. The highest BCUT2D eigenvalue weighted by atomic mass is 32.3. The van der Waals surface area contributed by atoms with E-state index >= 15 is 0 Å². The minimum atomic E-state index is -5.25. The van der Waals surface area contributed by atoms with Gasteiger partial charge in [0.1, 0.15) is 5.69 Å². The van der Waals surface area contributed by atoms with Crippen molar-refractivity contribution in [2.75, 3.05) is 22.7 Å². The highest BCUT2D eigenvalue weighted by Crippen LogP contribution is 2.56. The number of hydrogen-bond acceptors (Lipinski definition) is 7. The van der Waals surface area contributed by atoms with Gasteiger partial charge in [0.15, 0.2) is 0 Å². The molecule has 0 amide bonds. The Morgan fingerprint density at radius 2 is 1.91 bits per heavy atom. The summed E-state index contributed by atoms with van der Waals surface area (Å²) >= 11 is 0. The number of nitrogens with zero attached hydrogens (tertiary/aromatic N) is 5. The van der Waals surface area contributed by atoms with Gasteiger partial charge in [0, 0.05) is 25.3 Å². The summed E-state index contributed by atoms with van der Waals surface area (Å²) in [6.07, 6.45) is 0.687. The molecule has 2 aromatic rings. The second-order valence-corrected chi connectivity index (χ2v) is 8.72. The molecule has 1 aromatic carbocycles. The van der Waals surface area contributed by atoms with Gasteiger partial charge in [-0.15, -0.1) is 24.3 Å². The lowest BCUT2D eigenvalue weighted by Gasteiger charge is -2.35. The number of imidazole rings is 1. The molecule has 1 aromatic heterocycles. The molecule has 7 N–H and O–H groups in total. The quantitative estimate of drug-likeness (QED) is 0.295. The zero-order valence-electron chi connectivity index (χ0n) is 17.7. The van der Waals surface area contributed by atoms with Crippen molar-refractivity contribution in [3.8, 4) is 0 Å². The number of benzene rings is 1. The molecule has 0 aliphatic carbocycles. The van der Waals surface area contributed by atoms with Crippen molar-refractivity contribution < 1.29 is 32.9 Å². The van der Waals surface area contributed by atoms with Gasteiger partial charge in [-0.2, -0.15) is 18.2 Å². The van der Waals surface area contributed by atoms with Crippen LogP contribution < -0.4 is 20.3 Å². The van der Waals surface area contributed by atoms with Crippen LogP contribution in [-0.2, 0) is 13.0 Å². The third-order valence-electron chi connectivity index (χ3n) is 5.11. The Morgan fingerprint density at radius 1 is 1.19 bits per heavy atom. The number of hydrogen-bond donors (Lipinski definition) is 5. The highest BCUT2D eigenvalue weighted by molar-refractivity contribution is 8.26. The first-order chi connectivity index (χ1) is 15.1. The van der Waals surface area contributed by atoms with Crippen LogP contribution in [-0.4, -0.2) is 37.3 Å². The first-order valence-electron chi connectivity index (χ1n) is 9.87. The summed E-state index contributed by atoms with van der Waals surface area (Å²) in [7, 11) is 2.33. The summed E-state index contributed by atoms with van der Waals surface area (Å²) < 4.78 is 62.2. The predicted octanol–water partition coefficient (Wildman–Crippen LogP) is 3.27. The van der Waals surface area contributed by atoms with Crippen LogP contribution in [0.2, 0.25) is 0 Å². The Bertz CT molecular complexity index is 1010. The predicted molar refractivity (Wildman–Crippen MR) is 117 cm³/mol. The molecule has 2 heterocycles. The molecule has 0 bridgehead atoms. The number of rotatable bonds is 8. The van der Waals surface area contributed by atoms with E-state index in [4.69, 9.17) is 0 Å². The minimum absolute atomic E-state index is 0.0388. The molecule has 0 radical (unpaired) electrons. The summed E-state index contributed by atoms with van der Waals surface area (Å²) in [6.45, 7) is 5.67. The first kappa shape index (κ1) is 24.3. The lowest BCUT2D eigenvalue weighted by molar-refractivity contribution is -0.547. The van der Waals surface area contributed by atoms with Gasteiger partial charge in [0.25, 0.3) is 17.6 Å². The number of halogens is 3. The first-order valence-corrected chi connectivity index (χ1v) is 11.4. The topological polar surface area (TPSA) is 131 Å². The number of alkyl halides is 3. The van der Waals surface area contributed by atoms with Crippen LogP contribution in [0.3, 0.4) is 0 Å². The van der Waals surface area contributed by atoms with Crippen LogP contribution in [0.4, 0.5) is 47.8 Å².